The first kappa shape index (κ1) is 21.8. The van der Waals surface area contributed by atoms with Crippen LogP contribution in [0.15, 0.2) is 72.8 Å². The molecule has 1 atom stereocenters. The molecular weight excluding hydrogens is 432 g/mol. The molecule has 2 heterocycles. The molecule has 2 amide bonds. The first-order chi connectivity index (χ1) is 16.7. The van der Waals surface area contributed by atoms with Crippen LogP contribution in [0.1, 0.15) is 34.8 Å². The van der Waals surface area contributed by atoms with E-state index in [1.807, 2.05) is 53.4 Å². The van der Waals surface area contributed by atoms with Crippen LogP contribution in [0, 0.1) is 0 Å². The van der Waals surface area contributed by atoms with Gasteiger partial charge >= 0.3 is 0 Å². The summed E-state index contributed by atoms with van der Waals surface area (Å²) in [5, 5.41) is 2.86. The minimum atomic E-state index is -0.287. The van der Waals surface area contributed by atoms with Gasteiger partial charge in [0.15, 0.2) is 18.1 Å². The lowest BCUT2D eigenvalue weighted by molar-refractivity contribution is -0.134. The number of rotatable bonds is 6. The number of hydrogen-bond acceptors (Lipinski definition) is 5. The zero-order chi connectivity index (χ0) is 23.3. The number of nitrogens with zero attached hydrogens (tertiary/aromatic N) is 1. The molecule has 1 N–H and O–H groups in total. The number of carbonyl (C=O) groups is 2. The molecule has 0 aromatic heterocycles. The lowest BCUT2D eigenvalue weighted by Gasteiger charge is -2.27. The van der Waals surface area contributed by atoms with Crippen molar-refractivity contribution in [2.75, 3.05) is 31.7 Å². The van der Waals surface area contributed by atoms with Crippen LogP contribution in [0.5, 0.6) is 17.2 Å². The quantitative estimate of drug-likeness (QED) is 0.591. The Labute approximate surface area is 198 Å². The summed E-state index contributed by atoms with van der Waals surface area (Å²) < 4.78 is 17.2. The van der Waals surface area contributed by atoms with Crippen LogP contribution in [-0.4, -0.2) is 43.1 Å². The van der Waals surface area contributed by atoms with Crippen molar-refractivity contribution in [3.63, 3.8) is 0 Å². The topological polar surface area (TPSA) is 77.1 Å². The fourth-order valence-corrected chi connectivity index (χ4v) is 4.40. The monoisotopic (exact) mass is 458 g/mol. The van der Waals surface area contributed by atoms with Gasteiger partial charge in [0.1, 0.15) is 19.0 Å². The van der Waals surface area contributed by atoms with Crippen molar-refractivity contribution >= 4 is 17.5 Å². The number of anilines is 1. The second-order valence-corrected chi connectivity index (χ2v) is 8.25. The molecule has 0 saturated carbocycles. The number of hydrogen-bond donors (Lipinski definition) is 1. The van der Waals surface area contributed by atoms with Gasteiger partial charge in [-0.3, -0.25) is 9.59 Å². The summed E-state index contributed by atoms with van der Waals surface area (Å²) in [6.45, 7) is 1.59. The summed E-state index contributed by atoms with van der Waals surface area (Å²) in [6.07, 6.45) is 1.79. The van der Waals surface area contributed by atoms with Gasteiger partial charge in [-0.2, -0.15) is 0 Å². The Morgan fingerprint density at radius 3 is 2.56 bits per heavy atom. The summed E-state index contributed by atoms with van der Waals surface area (Å²) in [6, 6.07) is 22.0. The number of likely N-dealkylation sites (tertiary alicyclic amines) is 1. The maximum absolute atomic E-state index is 13.1. The molecule has 1 fully saturated rings. The third kappa shape index (κ3) is 4.69. The number of amides is 2. The normalized spacial score (nSPS) is 16.7. The fourth-order valence-electron chi connectivity index (χ4n) is 4.40. The van der Waals surface area contributed by atoms with Crippen LogP contribution >= 0.6 is 0 Å². The van der Waals surface area contributed by atoms with Crippen molar-refractivity contribution in [3.8, 4) is 17.2 Å². The van der Waals surface area contributed by atoms with Crippen molar-refractivity contribution in [1.82, 2.24) is 4.90 Å². The fraction of sp³-hybridized carbons (Fsp3) is 0.259. The number of para-hydroxylation sites is 2. The number of ether oxygens (including phenoxy) is 3. The second-order valence-electron chi connectivity index (χ2n) is 8.25. The van der Waals surface area contributed by atoms with Gasteiger partial charge < -0.3 is 24.4 Å². The predicted octanol–water partition coefficient (Wildman–Crippen LogP) is 4.45. The molecule has 0 spiro atoms. The van der Waals surface area contributed by atoms with Crippen LogP contribution in [0.4, 0.5) is 5.69 Å². The van der Waals surface area contributed by atoms with Crippen molar-refractivity contribution < 1.29 is 23.8 Å². The molecule has 34 heavy (non-hydrogen) atoms. The van der Waals surface area contributed by atoms with Crippen molar-refractivity contribution in [2.45, 2.75) is 18.9 Å². The number of fused-ring (bicyclic) bond motifs is 1. The van der Waals surface area contributed by atoms with Crippen LogP contribution in [-0.2, 0) is 4.79 Å². The predicted molar refractivity (Wildman–Crippen MR) is 127 cm³/mol. The Bertz CT molecular complexity index is 1180. The summed E-state index contributed by atoms with van der Waals surface area (Å²) in [4.78, 5) is 27.7. The molecule has 3 aromatic rings. The van der Waals surface area contributed by atoms with Gasteiger partial charge in [0, 0.05) is 12.2 Å². The Hall–Kier alpha value is -4.00. The summed E-state index contributed by atoms with van der Waals surface area (Å²) in [7, 11) is 0. The molecule has 7 nitrogen and oxygen atoms in total. The zero-order valence-electron chi connectivity index (χ0n) is 18.7. The number of nitrogens with one attached hydrogen (secondary N) is 1. The average Bonchev–Trinajstić information content (AvgIpc) is 3.38. The van der Waals surface area contributed by atoms with Gasteiger partial charge in [0.2, 0.25) is 0 Å². The lowest BCUT2D eigenvalue weighted by atomic mass is 10.0. The maximum atomic E-state index is 13.1. The number of carbonyl (C=O) groups excluding carboxylic acids is 2. The molecule has 0 bridgehead atoms. The standard InChI is InChI=1S/C27H26N2O5/c30-26(29-14-6-10-22(29)19-12-13-24-25(17-19)33-16-15-32-24)18-34-23-11-5-4-9-21(23)27(31)28-20-7-2-1-3-8-20/h1-5,7-9,11-13,17,22H,6,10,14-16,18H2,(H,28,31)/t22-/m0/s1. The lowest BCUT2D eigenvalue weighted by Crippen LogP contribution is -2.34. The Kier molecular flexibility index (Phi) is 6.33. The van der Waals surface area contributed by atoms with Gasteiger partial charge in [-0.05, 0) is 54.8 Å². The minimum Gasteiger partial charge on any atom is -0.486 e. The Morgan fingerprint density at radius 1 is 0.941 bits per heavy atom. The van der Waals surface area contributed by atoms with Crippen molar-refractivity contribution in [1.29, 1.82) is 0 Å². The molecule has 0 unspecified atom stereocenters. The summed E-state index contributed by atoms with van der Waals surface area (Å²) in [5.74, 6) is 1.43. The Morgan fingerprint density at radius 2 is 1.71 bits per heavy atom. The molecule has 1 saturated heterocycles. The molecule has 2 aliphatic rings. The largest absolute Gasteiger partial charge is 0.486 e. The molecule has 2 aliphatic heterocycles. The third-order valence-electron chi connectivity index (χ3n) is 6.04. The highest BCUT2D eigenvalue weighted by atomic mass is 16.6. The van der Waals surface area contributed by atoms with E-state index >= 15 is 0 Å². The highest BCUT2D eigenvalue weighted by molar-refractivity contribution is 6.06. The molecule has 5 rings (SSSR count). The van der Waals surface area contributed by atoms with E-state index in [9.17, 15) is 9.59 Å². The van der Waals surface area contributed by atoms with Gasteiger partial charge in [-0.1, -0.05) is 36.4 Å². The van der Waals surface area contributed by atoms with Crippen LogP contribution in [0.2, 0.25) is 0 Å². The van der Waals surface area contributed by atoms with Gasteiger partial charge in [0.05, 0.1) is 11.6 Å². The molecule has 174 valence electrons. The highest BCUT2D eigenvalue weighted by Crippen LogP contribution is 2.38. The smallest absolute Gasteiger partial charge is 0.261 e. The van der Waals surface area contributed by atoms with Gasteiger partial charge in [-0.25, -0.2) is 0 Å². The van der Waals surface area contributed by atoms with Crippen LogP contribution in [0.3, 0.4) is 0 Å². The molecular formula is C27H26N2O5. The van der Waals surface area contributed by atoms with Gasteiger partial charge in [0.25, 0.3) is 11.8 Å². The number of benzene rings is 3. The Balaban J connectivity index is 1.26. The minimum absolute atomic E-state index is 0.0384. The second kappa shape index (κ2) is 9.87. The van der Waals surface area contributed by atoms with E-state index in [1.165, 1.54) is 0 Å². The van der Waals surface area contributed by atoms with Crippen molar-refractivity contribution in [3.05, 3.63) is 83.9 Å². The van der Waals surface area contributed by atoms with E-state index < -0.39 is 0 Å². The first-order valence-corrected chi connectivity index (χ1v) is 11.5. The maximum Gasteiger partial charge on any atom is 0.261 e. The van der Waals surface area contributed by atoms with Gasteiger partial charge in [-0.15, -0.1) is 0 Å². The van der Waals surface area contributed by atoms with E-state index in [-0.39, 0.29) is 24.5 Å². The summed E-state index contributed by atoms with van der Waals surface area (Å²) in [5.41, 5.74) is 2.10. The van der Waals surface area contributed by atoms with E-state index in [4.69, 9.17) is 14.2 Å². The average molecular weight is 459 g/mol. The van der Waals surface area contributed by atoms with E-state index in [1.54, 1.807) is 24.3 Å². The molecule has 3 aromatic carbocycles. The molecule has 0 aliphatic carbocycles. The van der Waals surface area contributed by atoms with Crippen LogP contribution < -0.4 is 19.5 Å². The van der Waals surface area contributed by atoms with E-state index in [0.29, 0.717) is 36.8 Å². The van der Waals surface area contributed by atoms with Crippen molar-refractivity contribution in [2.24, 2.45) is 0 Å². The summed E-state index contributed by atoms with van der Waals surface area (Å²) >= 11 is 0. The van der Waals surface area contributed by atoms with E-state index in [0.717, 1.165) is 29.9 Å². The first-order valence-electron chi connectivity index (χ1n) is 11.5. The highest BCUT2D eigenvalue weighted by Gasteiger charge is 2.31. The third-order valence-corrected chi connectivity index (χ3v) is 6.04. The molecule has 7 heteroatoms. The SMILES string of the molecule is O=C(Nc1ccccc1)c1ccccc1OCC(=O)N1CCC[C@H]1c1ccc2c(c1)OCCO2. The van der Waals surface area contributed by atoms with Crippen LogP contribution in [0.25, 0.3) is 0 Å². The zero-order valence-corrected chi connectivity index (χ0v) is 18.7. The molecule has 0 radical (unpaired) electrons. The van der Waals surface area contributed by atoms with E-state index in [2.05, 4.69) is 5.32 Å².